The highest BCUT2D eigenvalue weighted by Gasteiger charge is 2.26. The number of aryl methyl sites for hydroxylation is 2. The summed E-state index contributed by atoms with van der Waals surface area (Å²) in [6, 6.07) is 0. The third-order valence-corrected chi connectivity index (χ3v) is 7.45. The van der Waals surface area contributed by atoms with Crippen molar-refractivity contribution in [1.29, 1.82) is 0 Å². The molecule has 2 fully saturated rings. The smallest absolute Gasteiger partial charge is 0.146 e. The van der Waals surface area contributed by atoms with E-state index in [0.29, 0.717) is 0 Å². The Morgan fingerprint density at radius 2 is 1.93 bits per heavy atom. The van der Waals surface area contributed by atoms with E-state index >= 15 is 0 Å². The van der Waals surface area contributed by atoms with Gasteiger partial charge in [-0.15, -0.1) is 11.3 Å². The third-order valence-electron chi connectivity index (χ3n) is 6.27. The van der Waals surface area contributed by atoms with Crippen LogP contribution >= 0.6 is 11.3 Å². The second-order valence-corrected chi connectivity index (χ2v) is 9.52. The third kappa shape index (κ3) is 3.59. The number of fused-ring (bicyclic) bond motifs is 3. The van der Waals surface area contributed by atoms with Crippen molar-refractivity contribution in [2.75, 3.05) is 44.3 Å². The van der Waals surface area contributed by atoms with Gasteiger partial charge in [-0.05, 0) is 50.0 Å². The van der Waals surface area contributed by atoms with Gasteiger partial charge in [-0.2, -0.15) is 0 Å². The summed E-state index contributed by atoms with van der Waals surface area (Å²) in [4.78, 5) is 18.0. The molecule has 146 valence electrons. The molecule has 5 nitrogen and oxygen atoms in total. The van der Waals surface area contributed by atoms with Crippen molar-refractivity contribution in [3.8, 4) is 0 Å². The molecule has 6 heteroatoms. The van der Waals surface area contributed by atoms with E-state index in [1.807, 2.05) is 11.3 Å². The molecule has 1 atom stereocenters. The zero-order chi connectivity index (χ0) is 18.2. The molecule has 27 heavy (non-hydrogen) atoms. The topological polar surface area (TPSA) is 41.5 Å². The normalized spacial score (nSPS) is 24.3. The first-order valence-electron chi connectivity index (χ1n) is 10.6. The van der Waals surface area contributed by atoms with Crippen LogP contribution in [0.2, 0.25) is 0 Å². The second-order valence-electron chi connectivity index (χ2n) is 8.44. The van der Waals surface area contributed by atoms with Gasteiger partial charge in [0.2, 0.25) is 0 Å². The second kappa shape index (κ2) is 7.64. The number of hydrogen-bond donors (Lipinski definition) is 0. The van der Waals surface area contributed by atoms with Crippen LogP contribution in [0.5, 0.6) is 0 Å². The maximum atomic E-state index is 5.50. The van der Waals surface area contributed by atoms with Crippen LogP contribution in [0.3, 0.4) is 0 Å². The lowest BCUT2D eigenvalue weighted by atomic mass is 9.96. The summed E-state index contributed by atoms with van der Waals surface area (Å²) in [5.41, 5.74) is 1.56. The number of morpholine rings is 1. The summed E-state index contributed by atoms with van der Waals surface area (Å²) in [5.74, 6) is 2.98. The van der Waals surface area contributed by atoms with Gasteiger partial charge in [-0.1, -0.05) is 6.92 Å². The standard InChI is InChI=1S/C21H30N4OS/c1-15-5-4-8-25(13-15)20-19-16-6-2-3-7-17(16)27-21(19)23-18(22-20)14-24-9-11-26-12-10-24/h15H,2-14H2,1H3. The summed E-state index contributed by atoms with van der Waals surface area (Å²) < 4.78 is 5.50. The number of thiophene rings is 1. The van der Waals surface area contributed by atoms with Gasteiger partial charge in [0.15, 0.2) is 0 Å². The van der Waals surface area contributed by atoms with Gasteiger partial charge in [0.05, 0.1) is 25.1 Å². The number of nitrogens with zero attached hydrogens (tertiary/aromatic N) is 4. The van der Waals surface area contributed by atoms with E-state index in [9.17, 15) is 0 Å². The molecule has 0 spiro atoms. The molecule has 5 rings (SSSR count). The van der Waals surface area contributed by atoms with E-state index in [2.05, 4.69) is 16.7 Å². The molecule has 0 N–H and O–H groups in total. The highest BCUT2D eigenvalue weighted by Crippen LogP contribution is 2.40. The largest absolute Gasteiger partial charge is 0.379 e. The average Bonchev–Trinajstić information content (AvgIpc) is 3.06. The summed E-state index contributed by atoms with van der Waals surface area (Å²) in [5, 5.41) is 1.38. The molecular formula is C21H30N4OS. The van der Waals surface area contributed by atoms with Gasteiger partial charge < -0.3 is 9.64 Å². The molecule has 0 saturated carbocycles. The Labute approximate surface area is 165 Å². The van der Waals surface area contributed by atoms with Crippen molar-refractivity contribution >= 4 is 27.4 Å². The van der Waals surface area contributed by atoms with E-state index < -0.39 is 0 Å². The van der Waals surface area contributed by atoms with Gasteiger partial charge in [-0.25, -0.2) is 9.97 Å². The minimum Gasteiger partial charge on any atom is -0.379 e. The predicted molar refractivity (Wildman–Crippen MR) is 111 cm³/mol. The maximum absolute atomic E-state index is 5.50. The molecule has 0 radical (unpaired) electrons. The Kier molecular flexibility index (Phi) is 5.05. The average molecular weight is 387 g/mol. The Morgan fingerprint density at radius 1 is 1.07 bits per heavy atom. The van der Waals surface area contributed by atoms with Gasteiger partial charge in [0.25, 0.3) is 0 Å². The summed E-state index contributed by atoms with van der Waals surface area (Å²) in [6.45, 7) is 9.11. The minimum atomic E-state index is 0.751. The van der Waals surface area contributed by atoms with Crippen LogP contribution in [0, 0.1) is 5.92 Å². The summed E-state index contributed by atoms with van der Waals surface area (Å²) in [7, 11) is 0. The molecule has 1 unspecified atom stereocenters. The first-order valence-corrected chi connectivity index (χ1v) is 11.5. The van der Waals surface area contributed by atoms with Crippen molar-refractivity contribution in [1.82, 2.24) is 14.9 Å². The Balaban J connectivity index is 1.56. The van der Waals surface area contributed by atoms with Crippen molar-refractivity contribution in [2.24, 2.45) is 5.92 Å². The van der Waals surface area contributed by atoms with Crippen LogP contribution in [0.1, 0.15) is 48.9 Å². The number of piperidine rings is 1. The molecule has 0 bridgehead atoms. The highest BCUT2D eigenvalue weighted by molar-refractivity contribution is 7.19. The van der Waals surface area contributed by atoms with E-state index in [4.69, 9.17) is 14.7 Å². The number of anilines is 1. The van der Waals surface area contributed by atoms with Crippen LogP contribution in [0.15, 0.2) is 0 Å². The Morgan fingerprint density at radius 3 is 2.78 bits per heavy atom. The summed E-state index contributed by atoms with van der Waals surface area (Å²) >= 11 is 1.93. The molecule has 0 aromatic carbocycles. The van der Waals surface area contributed by atoms with E-state index in [1.165, 1.54) is 54.6 Å². The van der Waals surface area contributed by atoms with E-state index in [1.54, 1.807) is 10.4 Å². The van der Waals surface area contributed by atoms with Crippen molar-refractivity contribution in [3.63, 3.8) is 0 Å². The molecule has 3 aliphatic rings. The van der Waals surface area contributed by atoms with Crippen LogP contribution in [-0.2, 0) is 24.1 Å². The lowest BCUT2D eigenvalue weighted by Crippen LogP contribution is -2.37. The lowest BCUT2D eigenvalue weighted by molar-refractivity contribution is 0.0331. The number of rotatable bonds is 3. The quantitative estimate of drug-likeness (QED) is 0.806. The van der Waals surface area contributed by atoms with Crippen molar-refractivity contribution in [2.45, 2.75) is 52.0 Å². The fourth-order valence-corrected chi connectivity index (χ4v) is 6.10. The lowest BCUT2D eigenvalue weighted by Gasteiger charge is -2.33. The summed E-state index contributed by atoms with van der Waals surface area (Å²) in [6.07, 6.45) is 7.68. The molecule has 4 heterocycles. The zero-order valence-electron chi connectivity index (χ0n) is 16.4. The Bertz CT molecular complexity index is 814. The van der Waals surface area contributed by atoms with Crippen LogP contribution in [0.4, 0.5) is 5.82 Å². The van der Waals surface area contributed by atoms with Crippen molar-refractivity contribution < 1.29 is 4.74 Å². The molecule has 1 aliphatic carbocycles. The van der Waals surface area contributed by atoms with Gasteiger partial charge in [0, 0.05) is 31.1 Å². The monoisotopic (exact) mass is 386 g/mol. The van der Waals surface area contributed by atoms with Gasteiger partial charge in [0.1, 0.15) is 16.5 Å². The fourth-order valence-electron chi connectivity index (χ4n) is 4.82. The molecule has 2 aliphatic heterocycles. The van der Waals surface area contributed by atoms with Crippen LogP contribution in [-0.4, -0.2) is 54.3 Å². The zero-order valence-corrected chi connectivity index (χ0v) is 17.2. The number of hydrogen-bond acceptors (Lipinski definition) is 6. The fraction of sp³-hybridized carbons (Fsp3) is 0.714. The Hall–Kier alpha value is -1.24. The van der Waals surface area contributed by atoms with Gasteiger partial charge >= 0.3 is 0 Å². The van der Waals surface area contributed by atoms with E-state index in [-0.39, 0.29) is 0 Å². The SMILES string of the molecule is CC1CCCN(c2nc(CN3CCOCC3)nc3sc4c(c23)CCCC4)C1. The highest BCUT2D eigenvalue weighted by atomic mass is 32.1. The number of aromatic nitrogens is 2. The first-order chi connectivity index (χ1) is 13.3. The van der Waals surface area contributed by atoms with E-state index in [0.717, 1.165) is 57.7 Å². The molecule has 2 aromatic rings. The van der Waals surface area contributed by atoms with Gasteiger partial charge in [-0.3, -0.25) is 4.90 Å². The minimum absolute atomic E-state index is 0.751. The van der Waals surface area contributed by atoms with Crippen molar-refractivity contribution in [3.05, 3.63) is 16.3 Å². The van der Waals surface area contributed by atoms with Crippen LogP contribution < -0.4 is 4.90 Å². The maximum Gasteiger partial charge on any atom is 0.146 e. The molecular weight excluding hydrogens is 356 g/mol. The molecule has 2 aromatic heterocycles. The molecule has 2 saturated heterocycles. The first kappa shape index (κ1) is 17.8. The molecule has 0 amide bonds. The number of ether oxygens (including phenoxy) is 1. The predicted octanol–water partition coefficient (Wildman–Crippen LogP) is 3.64. The van der Waals surface area contributed by atoms with Crippen LogP contribution in [0.25, 0.3) is 10.2 Å².